The second kappa shape index (κ2) is 8.05. The molecule has 7 nitrogen and oxygen atoms in total. The molecule has 4 rings (SSSR count). The smallest absolute Gasteiger partial charge is 0.296 e. The van der Waals surface area contributed by atoms with E-state index >= 15 is 0 Å². The van der Waals surface area contributed by atoms with Gasteiger partial charge < -0.3 is 9.30 Å². The van der Waals surface area contributed by atoms with Crippen molar-refractivity contribution in [3.63, 3.8) is 0 Å². The van der Waals surface area contributed by atoms with Gasteiger partial charge in [-0.05, 0) is 18.2 Å². The maximum atomic E-state index is 13.2. The summed E-state index contributed by atoms with van der Waals surface area (Å²) in [5, 5.41) is 0.698. The van der Waals surface area contributed by atoms with Gasteiger partial charge in [-0.3, -0.25) is 14.6 Å². The normalized spacial score (nSPS) is 15.3. The van der Waals surface area contributed by atoms with Crippen LogP contribution in [-0.4, -0.2) is 64.7 Å². The summed E-state index contributed by atoms with van der Waals surface area (Å²) in [6, 6.07) is 5.96. The Morgan fingerprint density at radius 3 is 2.93 bits per heavy atom. The van der Waals surface area contributed by atoms with E-state index in [0.717, 1.165) is 47.5 Å². The highest BCUT2D eigenvalue weighted by Crippen LogP contribution is 2.31. The van der Waals surface area contributed by atoms with E-state index in [4.69, 9.17) is 9.72 Å². The third kappa shape index (κ3) is 4.06. The van der Waals surface area contributed by atoms with Gasteiger partial charge in [-0.15, -0.1) is 0 Å². The summed E-state index contributed by atoms with van der Waals surface area (Å²) in [5.41, 5.74) is 0.891. The molecule has 0 saturated carbocycles. The minimum Gasteiger partial charge on any atom is -0.379 e. The Hall–Kier alpha value is -1.81. The van der Waals surface area contributed by atoms with Crippen molar-refractivity contribution in [3.8, 4) is 0 Å². The lowest BCUT2D eigenvalue weighted by molar-refractivity contribution is 0.0391. The average Bonchev–Trinajstić information content (AvgIpc) is 3.28. The number of carbonyl (C=O) groups excluding carboxylic acids is 1. The van der Waals surface area contributed by atoms with E-state index in [1.165, 1.54) is 11.3 Å². The van der Waals surface area contributed by atoms with Crippen LogP contribution < -0.4 is 4.90 Å². The molecule has 0 spiro atoms. The van der Waals surface area contributed by atoms with Gasteiger partial charge >= 0.3 is 0 Å². The van der Waals surface area contributed by atoms with Crippen molar-refractivity contribution in [2.24, 2.45) is 7.05 Å². The molecule has 1 fully saturated rings. The maximum Gasteiger partial charge on any atom is 0.296 e. The second-order valence-electron chi connectivity index (χ2n) is 6.38. The summed E-state index contributed by atoms with van der Waals surface area (Å²) in [6.45, 7) is 4.59. The van der Waals surface area contributed by atoms with E-state index in [1.54, 1.807) is 21.9 Å². The van der Waals surface area contributed by atoms with Gasteiger partial charge in [-0.2, -0.15) is 0 Å². The van der Waals surface area contributed by atoms with Gasteiger partial charge in [-0.1, -0.05) is 27.3 Å². The van der Waals surface area contributed by atoms with Crippen molar-refractivity contribution in [2.45, 2.75) is 0 Å². The van der Waals surface area contributed by atoms with E-state index in [9.17, 15) is 4.79 Å². The van der Waals surface area contributed by atoms with Crippen LogP contribution in [0.25, 0.3) is 10.2 Å². The first-order valence-corrected chi connectivity index (χ1v) is 10.4. The molecule has 27 heavy (non-hydrogen) atoms. The number of nitrogens with zero attached hydrogens (tertiary/aromatic N) is 5. The van der Waals surface area contributed by atoms with E-state index < -0.39 is 0 Å². The standard InChI is InChI=1S/C18H20BrN5O2S/c1-22-5-4-20-16(22)17(25)24(7-6-23-8-10-26-11-9-23)18-21-14-3-2-13(19)12-15(14)27-18/h2-5,12H,6-11H2,1H3. The van der Waals surface area contributed by atoms with Crippen molar-refractivity contribution >= 4 is 48.5 Å². The summed E-state index contributed by atoms with van der Waals surface area (Å²) in [6.07, 6.45) is 3.42. The van der Waals surface area contributed by atoms with Crippen molar-refractivity contribution < 1.29 is 9.53 Å². The molecule has 1 aliphatic heterocycles. The number of thiazole rings is 1. The van der Waals surface area contributed by atoms with E-state index in [1.807, 2.05) is 25.2 Å². The topological polar surface area (TPSA) is 63.5 Å². The number of hydrogen-bond acceptors (Lipinski definition) is 6. The van der Waals surface area contributed by atoms with Crippen LogP contribution in [0.15, 0.2) is 35.1 Å². The maximum absolute atomic E-state index is 13.2. The molecular formula is C18H20BrN5O2S. The molecule has 0 radical (unpaired) electrons. The Morgan fingerprint density at radius 1 is 1.37 bits per heavy atom. The molecule has 3 aromatic rings. The molecule has 1 amide bonds. The highest BCUT2D eigenvalue weighted by atomic mass is 79.9. The third-order valence-corrected chi connectivity index (χ3v) is 6.11. The largest absolute Gasteiger partial charge is 0.379 e. The predicted molar refractivity (Wildman–Crippen MR) is 109 cm³/mol. The highest BCUT2D eigenvalue weighted by molar-refractivity contribution is 9.10. The summed E-state index contributed by atoms with van der Waals surface area (Å²) in [7, 11) is 1.83. The average molecular weight is 450 g/mol. The van der Waals surface area contributed by atoms with E-state index in [0.29, 0.717) is 17.5 Å². The number of carbonyl (C=O) groups is 1. The lowest BCUT2D eigenvalue weighted by Gasteiger charge is -2.29. The number of ether oxygens (including phenoxy) is 1. The van der Waals surface area contributed by atoms with Gasteiger partial charge in [0.1, 0.15) is 0 Å². The summed E-state index contributed by atoms with van der Waals surface area (Å²) >= 11 is 5.02. The predicted octanol–water partition coefficient (Wildman–Crippen LogP) is 2.77. The van der Waals surface area contributed by atoms with Crippen LogP contribution >= 0.6 is 27.3 Å². The fourth-order valence-electron chi connectivity index (χ4n) is 3.04. The third-order valence-electron chi connectivity index (χ3n) is 4.57. The highest BCUT2D eigenvalue weighted by Gasteiger charge is 2.25. The van der Waals surface area contributed by atoms with Crippen LogP contribution in [0.1, 0.15) is 10.6 Å². The van der Waals surface area contributed by atoms with Crippen molar-refractivity contribution in [1.82, 2.24) is 19.4 Å². The molecule has 0 unspecified atom stereocenters. The number of amides is 1. The van der Waals surface area contributed by atoms with Crippen LogP contribution in [0.5, 0.6) is 0 Å². The van der Waals surface area contributed by atoms with E-state index in [2.05, 4.69) is 25.8 Å². The van der Waals surface area contributed by atoms with Crippen molar-refractivity contribution in [1.29, 1.82) is 0 Å². The molecule has 0 atom stereocenters. The first-order valence-electron chi connectivity index (χ1n) is 8.77. The number of aromatic nitrogens is 3. The SMILES string of the molecule is Cn1ccnc1C(=O)N(CCN1CCOCC1)c1nc2ccc(Br)cc2s1. The molecule has 1 aromatic carbocycles. The molecule has 0 bridgehead atoms. The number of rotatable bonds is 5. The van der Waals surface area contributed by atoms with Crippen molar-refractivity contribution in [2.75, 3.05) is 44.3 Å². The van der Waals surface area contributed by atoms with E-state index in [-0.39, 0.29) is 5.91 Å². The van der Waals surface area contributed by atoms with Crippen molar-refractivity contribution in [3.05, 3.63) is 40.9 Å². The van der Waals surface area contributed by atoms with Crippen LogP contribution in [0.3, 0.4) is 0 Å². The first-order chi connectivity index (χ1) is 13.1. The molecule has 0 N–H and O–H groups in total. The number of fused-ring (bicyclic) bond motifs is 1. The molecule has 142 valence electrons. The zero-order chi connectivity index (χ0) is 18.8. The number of aryl methyl sites for hydroxylation is 1. The number of hydrogen-bond donors (Lipinski definition) is 0. The van der Waals surface area contributed by atoms with Gasteiger partial charge in [0.15, 0.2) is 11.0 Å². The molecule has 0 aliphatic carbocycles. The zero-order valence-electron chi connectivity index (χ0n) is 15.0. The summed E-state index contributed by atoms with van der Waals surface area (Å²) in [5.74, 6) is 0.284. The zero-order valence-corrected chi connectivity index (χ0v) is 17.4. The van der Waals surface area contributed by atoms with Gasteiger partial charge in [0.05, 0.1) is 23.4 Å². The molecule has 1 aliphatic rings. The summed E-state index contributed by atoms with van der Waals surface area (Å²) < 4.78 is 9.20. The molecule has 9 heteroatoms. The van der Waals surface area contributed by atoms with Gasteiger partial charge in [0.25, 0.3) is 5.91 Å². The Balaban J connectivity index is 1.63. The minimum atomic E-state index is -0.131. The molecule has 3 heterocycles. The van der Waals surface area contributed by atoms with Crippen LogP contribution in [0.2, 0.25) is 0 Å². The number of imidazole rings is 1. The number of benzene rings is 1. The van der Waals surface area contributed by atoms with Crippen LogP contribution in [0, 0.1) is 0 Å². The van der Waals surface area contributed by atoms with Crippen LogP contribution in [-0.2, 0) is 11.8 Å². The Bertz CT molecular complexity index is 950. The number of anilines is 1. The van der Waals surface area contributed by atoms with Gasteiger partial charge in [0, 0.05) is 50.1 Å². The van der Waals surface area contributed by atoms with Crippen LogP contribution in [0.4, 0.5) is 5.13 Å². The Labute approximate surface area is 169 Å². The molecule has 2 aromatic heterocycles. The first kappa shape index (κ1) is 18.5. The monoisotopic (exact) mass is 449 g/mol. The number of halogens is 1. The quantitative estimate of drug-likeness (QED) is 0.599. The summed E-state index contributed by atoms with van der Waals surface area (Å²) in [4.78, 5) is 26.2. The minimum absolute atomic E-state index is 0.131. The Kier molecular flexibility index (Phi) is 5.53. The fraction of sp³-hybridized carbons (Fsp3) is 0.389. The fourth-order valence-corrected chi connectivity index (χ4v) is 4.59. The molecular weight excluding hydrogens is 430 g/mol. The van der Waals surface area contributed by atoms with Gasteiger partial charge in [0.2, 0.25) is 0 Å². The molecule has 1 saturated heterocycles. The lowest BCUT2D eigenvalue weighted by atomic mass is 10.3. The number of morpholine rings is 1. The lowest BCUT2D eigenvalue weighted by Crippen LogP contribution is -2.43. The Morgan fingerprint density at radius 2 is 2.19 bits per heavy atom. The van der Waals surface area contributed by atoms with Gasteiger partial charge in [-0.25, -0.2) is 9.97 Å². The second-order valence-corrected chi connectivity index (χ2v) is 8.31.